The molecule has 0 aliphatic heterocycles. The van der Waals surface area contributed by atoms with Crippen LogP contribution >= 0.6 is 23.2 Å². The highest BCUT2D eigenvalue weighted by molar-refractivity contribution is 6.39. The van der Waals surface area contributed by atoms with Crippen LogP contribution in [0.5, 0.6) is 0 Å². The summed E-state index contributed by atoms with van der Waals surface area (Å²) in [5.74, 6) is 1.07. The first-order chi connectivity index (χ1) is 5.09. The number of nitrogens with zero attached hydrogens (tertiary/aromatic N) is 2. The first kappa shape index (κ1) is 8.88. The van der Waals surface area contributed by atoms with E-state index in [-0.39, 0.29) is 0 Å². The zero-order chi connectivity index (χ0) is 8.59. The molecule has 0 saturated heterocycles. The van der Waals surface area contributed by atoms with Crippen molar-refractivity contribution >= 4 is 23.2 Å². The molecule has 1 aromatic heterocycles. The lowest BCUT2D eigenvalue weighted by atomic mass is 10.6. The molecule has 11 heavy (non-hydrogen) atoms. The number of aromatic nitrogens is 2. The predicted octanol–water partition coefficient (Wildman–Crippen LogP) is 1.95. The van der Waals surface area contributed by atoms with Crippen LogP contribution < -0.4 is 4.57 Å². The maximum atomic E-state index is 5.93. The minimum atomic E-state index is 0.603. The van der Waals surface area contributed by atoms with Crippen molar-refractivity contribution in [2.24, 2.45) is 7.05 Å². The highest BCUT2D eigenvalue weighted by Crippen LogP contribution is 2.19. The summed E-state index contributed by atoms with van der Waals surface area (Å²) in [6.07, 6.45) is 0. The molecule has 2 nitrogen and oxygen atoms in total. The molecule has 4 heteroatoms. The molecule has 0 aliphatic rings. The summed E-state index contributed by atoms with van der Waals surface area (Å²) >= 11 is 11.8. The van der Waals surface area contributed by atoms with Gasteiger partial charge in [-0.15, -0.1) is 0 Å². The van der Waals surface area contributed by atoms with Crippen molar-refractivity contribution in [2.75, 3.05) is 0 Å². The molecule has 0 amide bonds. The van der Waals surface area contributed by atoms with E-state index in [1.54, 1.807) is 0 Å². The molecule has 0 bridgehead atoms. The van der Waals surface area contributed by atoms with Crippen molar-refractivity contribution < 1.29 is 4.57 Å². The predicted molar refractivity (Wildman–Crippen MR) is 46.0 cm³/mol. The molecule has 0 radical (unpaired) electrons. The van der Waals surface area contributed by atoms with Crippen molar-refractivity contribution in [1.82, 2.24) is 4.57 Å². The van der Waals surface area contributed by atoms with Gasteiger partial charge in [0.2, 0.25) is 0 Å². The smallest absolute Gasteiger partial charge is 0.220 e. The van der Waals surface area contributed by atoms with Crippen LogP contribution in [0.3, 0.4) is 0 Å². The van der Waals surface area contributed by atoms with Gasteiger partial charge in [0.05, 0.1) is 13.6 Å². The Kier molecular flexibility index (Phi) is 2.45. The van der Waals surface area contributed by atoms with E-state index in [0.717, 1.165) is 12.4 Å². The van der Waals surface area contributed by atoms with Crippen LogP contribution in [0.25, 0.3) is 0 Å². The van der Waals surface area contributed by atoms with Crippen LogP contribution in [-0.4, -0.2) is 4.57 Å². The van der Waals surface area contributed by atoms with Gasteiger partial charge in [-0.05, 0) is 30.1 Å². The Morgan fingerprint density at radius 2 is 2.00 bits per heavy atom. The molecule has 1 aromatic rings. The van der Waals surface area contributed by atoms with Gasteiger partial charge in [-0.1, -0.05) is 0 Å². The van der Waals surface area contributed by atoms with Crippen LogP contribution in [-0.2, 0) is 13.6 Å². The minimum Gasteiger partial charge on any atom is -0.220 e. The second-order valence-corrected chi connectivity index (χ2v) is 3.15. The fourth-order valence-corrected chi connectivity index (χ4v) is 1.68. The Hall–Kier alpha value is -0.210. The Bertz CT molecular complexity index is 253. The van der Waals surface area contributed by atoms with Crippen molar-refractivity contribution in [1.29, 1.82) is 0 Å². The van der Waals surface area contributed by atoms with Gasteiger partial charge in [-0.3, -0.25) is 0 Å². The summed E-state index contributed by atoms with van der Waals surface area (Å²) in [5, 5.41) is 1.22. The summed E-state index contributed by atoms with van der Waals surface area (Å²) in [7, 11) is 1.90. The average Bonchev–Trinajstić information content (AvgIpc) is 2.17. The molecule has 1 heterocycles. The van der Waals surface area contributed by atoms with Gasteiger partial charge in [0.25, 0.3) is 16.1 Å². The molecule has 0 saturated carbocycles. The number of imidazole rings is 1. The molecule has 0 aromatic carbocycles. The van der Waals surface area contributed by atoms with E-state index in [0.29, 0.717) is 10.3 Å². The maximum absolute atomic E-state index is 5.93. The Balaban J connectivity index is 3.36. The standard InChI is InChI=1S/C7H11Cl2N2/c1-4-11-5(2)10(3)6(8)7(11)9/h4H2,1-3H3/q+1. The van der Waals surface area contributed by atoms with Crippen molar-refractivity contribution in [3.8, 4) is 0 Å². The molecule has 0 atom stereocenters. The summed E-state index contributed by atoms with van der Waals surface area (Å²) in [6.45, 7) is 4.88. The lowest BCUT2D eigenvalue weighted by Crippen LogP contribution is -2.31. The fraction of sp³-hybridized carbons (Fsp3) is 0.571. The summed E-state index contributed by atoms with van der Waals surface area (Å²) in [4.78, 5) is 0. The quantitative estimate of drug-likeness (QED) is 0.604. The van der Waals surface area contributed by atoms with Crippen LogP contribution in [0.4, 0.5) is 0 Å². The van der Waals surface area contributed by atoms with Crippen molar-refractivity contribution in [2.45, 2.75) is 20.4 Å². The van der Waals surface area contributed by atoms with E-state index in [1.807, 2.05) is 30.0 Å². The third-order valence-corrected chi connectivity index (χ3v) is 2.81. The van der Waals surface area contributed by atoms with Crippen LogP contribution in [0.15, 0.2) is 0 Å². The van der Waals surface area contributed by atoms with Crippen molar-refractivity contribution in [3.05, 3.63) is 16.1 Å². The number of rotatable bonds is 1. The van der Waals surface area contributed by atoms with Gasteiger partial charge in [0, 0.05) is 6.92 Å². The van der Waals surface area contributed by atoms with Gasteiger partial charge in [0.15, 0.2) is 0 Å². The summed E-state index contributed by atoms with van der Waals surface area (Å²) < 4.78 is 3.83. The van der Waals surface area contributed by atoms with E-state index in [4.69, 9.17) is 23.2 Å². The SMILES string of the molecule is CCn1c(Cl)c(Cl)[n+](C)c1C. The molecular weight excluding hydrogens is 183 g/mol. The van der Waals surface area contributed by atoms with E-state index >= 15 is 0 Å². The molecule has 62 valence electrons. The number of hydrogen-bond donors (Lipinski definition) is 0. The second kappa shape index (κ2) is 3.03. The summed E-state index contributed by atoms with van der Waals surface area (Å²) in [6, 6.07) is 0. The molecule has 0 N–H and O–H groups in total. The number of hydrogen-bond acceptors (Lipinski definition) is 0. The second-order valence-electron chi connectivity index (χ2n) is 2.43. The maximum Gasteiger partial charge on any atom is 0.255 e. The Morgan fingerprint density at radius 3 is 2.18 bits per heavy atom. The summed E-state index contributed by atoms with van der Waals surface area (Å²) in [5.41, 5.74) is 0. The zero-order valence-corrected chi connectivity index (χ0v) is 8.37. The lowest BCUT2D eigenvalue weighted by Gasteiger charge is -1.91. The zero-order valence-electron chi connectivity index (χ0n) is 6.86. The van der Waals surface area contributed by atoms with E-state index < -0.39 is 0 Å². The Morgan fingerprint density at radius 1 is 1.45 bits per heavy atom. The van der Waals surface area contributed by atoms with Crippen LogP contribution in [0, 0.1) is 6.92 Å². The molecular formula is C7H11Cl2N2+. The van der Waals surface area contributed by atoms with Gasteiger partial charge in [0.1, 0.15) is 0 Å². The highest BCUT2D eigenvalue weighted by Gasteiger charge is 2.21. The molecule has 0 unspecified atom stereocenters. The van der Waals surface area contributed by atoms with E-state index in [9.17, 15) is 0 Å². The van der Waals surface area contributed by atoms with E-state index in [1.165, 1.54) is 0 Å². The lowest BCUT2D eigenvalue weighted by molar-refractivity contribution is -0.675. The highest BCUT2D eigenvalue weighted by atomic mass is 35.5. The molecule has 0 fully saturated rings. The third-order valence-electron chi connectivity index (χ3n) is 1.89. The van der Waals surface area contributed by atoms with Gasteiger partial charge >= 0.3 is 0 Å². The monoisotopic (exact) mass is 193 g/mol. The first-order valence-corrected chi connectivity index (χ1v) is 4.25. The average molecular weight is 194 g/mol. The first-order valence-electron chi connectivity index (χ1n) is 3.49. The topological polar surface area (TPSA) is 8.81 Å². The van der Waals surface area contributed by atoms with Crippen molar-refractivity contribution in [3.63, 3.8) is 0 Å². The molecule has 0 aliphatic carbocycles. The van der Waals surface area contributed by atoms with Crippen LogP contribution in [0.2, 0.25) is 10.3 Å². The van der Waals surface area contributed by atoms with Crippen LogP contribution in [0.1, 0.15) is 12.7 Å². The molecule has 0 spiro atoms. The normalized spacial score (nSPS) is 10.6. The molecule has 1 rings (SSSR count). The fourth-order valence-electron chi connectivity index (χ4n) is 1.08. The number of halogens is 2. The third kappa shape index (κ3) is 1.25. The van der Waals surface area contributed by atoms with E-state index in [2.05, 4.69) is 0 Å². The van der Waals surface area contributed by atoms with Gasteiger partial charge in [-0.2, -0.15) is 0 Å². The van der Waals surface area contributed by atoms with Gasteiger partial charge < -0.3 is 0 Å². The van der Waals surface area contributed by atoms with Gasteiger partial charge in [-0.25, -0.2) is 9.13 Å². The Labute approximate surface area is 76.3 Å². The largest absolute Gasteiger partial charge is 0.255 e. The minimum absolute atomic E-state index is 0.603.